The summed E-state index contributed by atoms with van der Waals surface area (Å²) in [6.07, 6.45) is 2.36. The molecule has 222 valence electrons. The number of carbonyl (C=O) groups excluding carboxylic acids is 5. The first kappa shape index (κ1) is 32.5. The van der Waals surface area contributed by atoms with Gasteiger partial charge in [-0.05, 0) is 50.9 Å². The van der Waals surface area contributed by atoms with Gasteiger partial charge in [0, 0.05) is 17.5 Å². The van der Waals surface area contributed by atoms with Crippen LogP contribution in [0.25, 0.3) is 0 Å². The van der Waals surface area contributed by atoms with E-state index in [4.69, 9.17) is 10.5 Å². The first-order valence-electron chi connectivity index (χ1n) is 14.0. The summed E-state index contributed by atoms with van der Waals surface area (Å²) in [5.74, 6) is -2.54. The Morgan fingerprint density at radius 1 is 1.10 bits per heavy atom. The van der Waals surface area contributed by atoms with E-state index in [-0.39, 0.29) is 30.2 Å². The average Bonchev–Trinajstić information content (AvgIpc) is 3.12. The number of ether oxygens (including phenoxy) is 1. The Morgan fingerprint density at radius 3 is 2.18 bits per heavy atom. The predicted molar refractivity (Wildman–Crippen MR) is 147 cm³/mol. The molecule has 0 aromatic carbocycles. The van der Waals surface area contributed by atoms with E-state index >= 15 is 0 Å². The third-order valence-corrected chi connectivity index (χ3v) is 8.37. The van der Waals surface area contributed by atoms with Crippen molar-refractivity contribution in [2.24, 2.45) is 28.4 Å². The van der Waals surface area contributed by atoms with Crippen molar-refractivity contribution in [1.29, 1.82) is 0 Å². The fourth-order valence-electron chi connectivity index (χ4n) is 5.97. The topological polar surface area (TPSA) is 160 Å². The number of hydrogen-bond acceptors (Lipinski definition) is 6. The molecule has 5 N–H and O–H groups in total. The van der Waals surface area contributed by atoms with Crippen molar-refractivity contribution in [3.63, 3.8) is 0 Å². The monoisotopic (exact) mass is 551 g/mol. The number of amides is 5. The van der Waals surface area contributed by atoms with Crippen LogP contribution < -0.4 is 21.7 Å². The number of nitrogens with one attached hydrogen (secondary N) is 3. The lowest BCUT2D eigenvalue weighted by molar-refractivity contribution is -0.202. The van der Waals surface area contributed by atoms with E-state index in [0.717, 1.165) is 12.8 Å². The van der Waals surface area contributed by atoms with Crippen molar-refractivity contribution in [2.75, 3.05) is 26.3 Å². The second-order valence-corrected chi connectivity index (χ2v) is 13.1. The van der Waals surface area contributed by atoms with Gasteiger partial charge in [-0.25, -0.2) is 4.79 Å². The number of likely N-dealkylation sites (tertiary alicyclic amines) is 1. The van der Waals surface area contributed by atoms with Crippen molar-refractivity contribution in [3.8, 4) is 0 Å². The minimum absolute atomic E-state index is 0.0806. The summed E-state index contributed by atoms with van der Waals surface area (Å²) in [5, 5.41) is 8.10. The van der Waals surface area contributed by atoms with Crippen LogP contribution in [-0.2, 0) is 23.9 Å². The van der Waals surface area contributed by atoms with Gasteiger partial charge in [0.15, 0.2) is 0 Å². The maximum atomic E-state index is 13.7. The van der Waals surface area contributed by atoms with E-state index in [1.165, 1.54) is 4.90 Å². The summed E-state index contributed by atoms with van der Waals surface area (Å²) in [4.78, 5) is 65.3. The minimum Gasteiger partial charge on any atom is -0.380 e. The minimum atomic E-state index is -1.10. The van der Waals surface area contributed by atoms with Crippen LogP contribution in [0.2, 0.25) is 0 Å². The molecule has 0 aliphatic carbocycles. The zero-order valence-corrected chi connectivity index (χ0v) is 24.9. The third kappa shape index (κ3) is 7.70. The number of primary amides is 1. The smallest absolute Gasteiger partial charge is 0.315 e. The highest BCUT2D eigenvalue weighted by atomic mass is 16.5. The number of carbonyl (C=O) groups is 5. The number of Topliss-reactive ketones (excluding diaryl/α,β-unsaturated/α-hetero) is 1. The van der Waals surface area contributed by atoms with Crippen LogP contribution in [0.1, 0.15) is 81.1 Å². The van der Waals surface area contributed by atoms with Crippen molar-refractivity contribution in [1.82, 2.24) is 20.9 Å². The molecule has 2 aliphatic rings. The van der Waals surface area contributed by atoms with Crippen molar-refractivity contribution < 1.29 is 28.7 Å². The maximum absolute atomic E-state index is 13.7. The van der Waals surface area contributed by atoms with Crippen LogP contribution in [0.3, 0.4) is 0 Å². The number of ketones is 1. The number of urea groups is 1. The van der Waals surface area contributed by atoms with Gasteiger partial charge < -0.3 is 31.3 Å². The molecule has 0 aromatic rings. The van der Waals surface area contributed by atoms with Crippen molar-refractivity contribution in [2.45, 2.75) is 98.7 Å². The van der Waals surface area contributed by atoms with E-state index in [1.807, 2.05) is 34.6 Å². The fraction of sp³-hybridized carbons (Fsp3) is 0.821. The largest absolute Gasteiger partial charge is 0.380 e. The highest BCUT2D eigenvalue weighted by molar-refractivity contribution is 6.37. The molecule has 39 heavy (non-hydrogen) atoms. The summed E-state index contributed by atoms with van der Waals surface area (Å²) in [6, 6.07) is -2.43. The predicted octanol–water partition coefficient (Wildman–Crippen LogP) is 1.73. The Bertz CT molecular complexity index is 941. The Morgan fingerprint density at radius 2 is 1.72 bits per heavy atom. The quantitative estimate of drug-likeness (QED) is 0.270. The van der Waals surface area contributed by atoms with Crippen LogP contribution in [0.4, 0.5) is 4.79 Å². The highest BCUT2D eigenvalue weighted by Gasteiger charge is 2.61. The van der Waals surface area contributed by atoms with Gasteiger partial charge in [0.05, 0.1) is 25.8 Å². The molecule has 11 heteroatoms. The lowest BCUT2D eigenvalue weighted by Crippen LogP contribution is -2.58. The van der Waals surface area contributed by atoms with Crippen molar-refractivity contribution in [3.05, 3.63) is 0 Å². The number of nitrogens with two attached hydrogens (primary N) is 1. The van der Waals surface area contributed by atoms with Gasteiger partial charge in [-0.2, -0.15) is 0 Å². The molecule has 2 rings (SSSR count). The number of hydrogen-bond donors (Lipinski definition) is 4. The molecule has 0 spiro atoms. The molecule has 0 aromatic heterocycles. The SMILES string of the molecule is CCCC(C)CC(NC(=O)C1CC(C)(C2(C(C)C)COC2)CN1C(=O)CNC(=O)NC(C)(C)C)C(=O)C(N)=O. The normalized spacial score (nSPS) is 23.9. The summed E-state index contributed by atoms with van der Waals surface area (Å²) < 4.78 is 5.62. The van der Waals surface area contributed by atoms with Gasteiger partial charge in [-0.3, -0.25) is 19.2 Å². The fourth-order valence-corrected chi connectivity index (χ4v) is 5.97. The van der Waals surface area contributed by atoms with Crippen molar-refractivity contribution >= 4 is 29.5 Å². The number of nitrogens with zero attached hydrogens (tertiary/aromatic N) is 1. The van der Waals surface area contributed by atoms with Crippen LogP contribution in [0.5, 0.6) is 0 Å². The molecule has 4 unspecified atom stereocenters. The Balaban J connectivity index is 2.31. The second kappa shape index (κ2) is 12.7. The molecule has 2 fully saturated rings. The summed E-state index contributed by atoms with van der Waals surface area (Å²) in [5.41, 5.74) is 4.15. The standard InChI is InChI=1S/C28H49N5O6/c1-9-10-18(4)11-19(22(35)23(29)36)31-24(37)20-12-27(8,28(17(2)3)15-39-16-28)14-33(20)21(34)13-30-25(38)32-26(5,6)7/h17-20H,9-16H2,1-8H3,(H2,29,36)(H,31,37)(H2,30,32,38). The maximum Gasteiger partial charge on any atom is 0.315 e. The Kier molecular flexibility index (Phi) is 10.6. The van der Waals surface area contributed by atoms with Gasteiger partial charge in [-0.15, -0.1) is 0 Å². The average molecular weight is 552 g/mol. The van der Waals surface area contributed by atoms with E-state index in [1.54, 1.807) is 0 Å². The molecule has 0 radical (unpaired) electrons. The lowest BCUT2D eigenvalue weighted by Gasteiger charge is -2.55. The summed E-state index contributed by atoms with van der Waals surface area (Å²) in [7, 11) is 0. The highest BCUT2D eigenvalue weighted by Crippen LogP contribution is 2.56. The molecule has 5 amide bonds. The Hall–Kier alpha value is -2.69. The van der Waals surface area contributed by atoms with Crippen LogP contribution >= 0.6 is 0 Å². The van der Waals surface area contributed by atoms with E-state index in [2.05, 4.69) is 36.7 Å². The molecule has 2 saturated heterocycles. The molecule has 4 atom stereocenters. The zero-order valence-electron chi connectivity index (χ0n) is 24.9. The molecule has 2 heterocycles. The van der Waals surface area contributed by atoms with Gasteiger partial charge in [-0.1, -0.05) is 47.5 Å². The molecule has 0 bridgehead atoms. The summed E-state index contributed by atoms with van der Waals surface area (Å²) >= 11 is 0. The molecule has 11 nitrogen and oxygen atoms in total. The van der Waals surface area contributed by atoms with Gasteiger partial charge in [0.25, 0.3) is 5.91 Å². The van der Waals surface area contributed by atoms with Gasteiger partial charge in [0.1, 0.15) is 6.04 Å². The van der Waals surface area contributed by atoms with Gasteiger partial charge >= 0.3 is 6.03 Å². The second-order valence-electron chi connectivity index (χ2n) is 13.1. The van der Waals surface area contributed by atoms with E-state index < -0.39 is 52.6 Å². The number of rotatable bonds is 12. The molecular formula is C28H49N5O6. The van der Waals surface area contributed by atoms with Crippen LogP contribution in [0, 0.1) is 22.7 Å². The third-order valence-electron chi connectivity index (χ3n) is 8.37. The Labute approximate surface area is 232 Å². The zero-order chi connectivity index (χ0) is 29.8. The van der Waals surface area contributed by atoms with Crippen LogP contribution in [-0.4, -0.2) is 78.4 Å². The van der Waals surface area contributed by atoms with E-state index in [0.29, 0.717) is 26.2 Å². The molecular weight excluding hydrogens is 502 g/mol. The first-order valence-corrected chi connectivity index (χ1v) is 14.0. The first-order chi connectivity index (χ1) is 18.0. The van der Waals surface area contributed by atoms with E-state index in [9.17, 15) is 24.0 Å². The molecule has 0 saturated carbocycles. The lowest BCUT2D eigenvalue weighted by atomic mass is 9.56. The molecule has 2 aliphatic heterocycles. The van der Waals surface area contributed by atoms with Crippen LogP contribution in [0.15, 0.2) is 0 Å². The summed E-state index contributed by atoms with van der Waals surface area (Å²) in [6.45, 7) is 16.8. The van der Waals surface area contributed by atoms with Gasteiger partial charge in [0.2, 0.25) is 17.6 Å².